The van der Waals surface area contributed by atoms with Crippen LogP contribution >= 0.6 is 0 Å². The molecule has 4 heterocycles. The lowest BCUT2D eigenvalue weighted by Crippen LogP contribution is -2.46. The molecule has 2 aliphatic heterocycles. The summed E-state index contributed by atoms with van der Waals surface area (Å²) in [6.07, 6.45) is 8.75. The van der Waals surface area contributed by atoms with Crippen molar-refractivity contribution in [2.75, 3.05) is 11.6 Å². The van der Waals surface area contributed by atoms with Gasteiger partial charge in [-0.05, 0) is 70.7 Å². The fraction of sp³-hybridized carbons (Fsp3) is 0.500. The van der Waals surface area contributed by atoms with Crippen molar-refractivity contribution in [3.8, 4) is 0 Å². The highest BCUT2D eigenvalue weighted by molar-refractivity contribution is 7.90. The predicted molar refractivity (Wildman–Crippen MR) is 128 cm³/mol. The molecule has 5 rings (SSSR count). The zero-order valence-corrected chi connectivity index (χ0v) is 20.6. The number of hydrogen-bond acceptors (Lipinski definition) is 7. The topological polar surface area (TPSA) is 89.4 Å². The molecule has 2 aliphatic rings. The first-order valence-corrected chi connectivity index (χ1v) is 13.4. The zero-order valence-electron chi connectivity index (χ0n) is 19.8. The maximum atomic E-state index is 14.6. The van der Waals surface area contributed by atoms with Crippen molar-refractivity contribution in [2.45, 2.75) is 75.1 Å². The van der Waals surface area contributed by atoms with Crippen LogP contribution in [0.2, 0.25) is 0 Å². The van der Waals surface area contributed by atoms with Gasteiger partial charge in [-0.15, -0.1) is 0 Å². The summed E-state index contributed by atoms with van der Waals surface area (Å²) in [5.74, 6) is -0.178. The molecule has 1 N–H and O–H groups in total. The lowest BCUT2D eigenvalue weighted by molar-refractivity contribution is -0.266. The average molecular weight is 488 g/mol. The van der Waals surface area contributed by atoms with Crippen LogP contribution in [0, 0.1) is 5.82 Å². The number of hydroxylamine groups is 2. The second-order valence-electron chi connectivity index (χ2n) is 10.3. The number of nitrogens with one attached hydrogen (secondary N) is 1. The number of hydrogen-bond donors (Lipinski definition) is 1. The van der Waals surface area contributed by atoms with Crippen molar-refractivity contribution in [3.05, 3.63) is 42.6 Å². The minimum absolute atomic E-state index is 0.0639. The van der Waals surface area contributed by atoms with E-state index in [1.165, 1.54) is 18.5 Å². The van der Waals surface area contributed by atoms with E-state index in [9.17, 15) is 12.8 Å². The third-order valence-corrected chi connectivity index (χ3v) is 7.66. The number of rotatable bonds is 5. The Morgan fingerprint density at radius 1 is 1.09 bits per heavy atom. The molecule has 10 heteroatoms. The first-order valence-electron chi connectivity index (χ1n) is 11.6. The van der Waals surface area contributed by atoms with Crippen LogP contribution in [0.4, 0.5) is 15.9 Å². The largest absolute Gasteiger partial charge is 0.337 e. The van der Waals surface area contributed by atoms with Gasteiger partial charge in [0, 0.05) is 30.6 Å². The molecule has 0 aliphatic carbocycles. The molecule has 0 spiro atoms. The molecule has 2 bridgehead atoms. The van der Waals surface area contributed by atoms with Gasteiger partial charge in [-0.1, -0.05) is 0 Å². The summed E-state index contributed by atoms with van der Waals surface area (Å²) in [7, 11) is -3.49. The number of benzene rings is 1. The Morgan fingerprint density at radius 3 is 2.41 bits per heavy atom. The van der Waals surface area contributed by atoms with Crippen LogP contribution in [0.1, 0.15) is 52.5 Å². The van der Waals surface area contributed by atoms with Crippen molar-refractivity contribution < 1.29 is 17.6 Å². The van der Waals surface area contributed by atoms with Gasteiger partial charge >= 0.3 is 0 Å². The lowest BCUT2D eigenvalue weighted by Gasteiger charge is -2.41. The molecule has 0 unspecified atom stereocenters. The number of piperidine rings is 1. The second kappa shape index (κ2) is 8.28. The summed E-state index contributed by atoms with van der Waals surface area (Å²) < 4.78 is 40.2. The van der Waals surface area contributed by atoms with E-state index in [0.29, 0.717) is 23.9 Å². The maximum absolute atomic E-state index is 14.6. The van der Waals surface area contributed by atoms with E-state index in [1.54, 1.807) is 0 Å². The molecule has 0 amide bonds. The van der Waals surface area contributed by atoms with Gasteiger partial charge in [0.25, 0.3) is 0 Å². The molecule has 2 aromatic heterocycles. The lowest BCUT2D eigenvalue weighted by atomic mass is 9.99. The first-order chi connectivity index (χ1) is 16.0. The van der Waals surface area contributed by atoms with Crippen molar-refractivity contribution in [1.82, 2.24) is 19.6 Å². The summed E-state index contributed by atoms with van der Waals surface area (Å²) in [5.41, 5.74) is 0.738. The van der Waals surface area contributed by atoms with Gasteiger partial charge in [0.15, 0.2) is 9.84 Å². The molecule has 1 aromatic carbocycles. The Morgan fingerprint density at radius 2 is 1.79 bits per heavy atom. The van der Waals surface area contributed by atoms with Crippen molar-refractivity contribution in [2.24, 2.45) is 0 Å². The number of anilines is 2. The number of halogens is 1. The van der Waals surface area contributed by atoms with Crippen LogP contribution in [0.15, 0.2) is 41.7 Å². The number of nitrogens with zero attached hydrogens (tertiary/aromatic N) is 4. The smallest absolute Gasteiger partial charge is 0.175 e. The van der Waals surface area contributed by atoms with E-state index < -0.39 is 15.7 Å². The van der Waals surface area contributed by atoms with E-state index in [2.05, 4.69) is 45.7 Å². The molecule has 2 saturated heterocycles. The van der Waals surface area contributed by atoms with Crippen molar-refractivity contribution >= 4 is 32.4 Å². The van der Waals surface area contributed by atoms with Gasteiger partial charge in [0.05, 0.1) is 21.6 Å². The van der Waals surface area contributed by atoms with E-state index in [-0.39, 0.29) is 16.2 Å². The minimum Gasteiger partial charge on any atom is -0.337 e. The molecular formula is C24H30FN5O3S. The maximum Gasteiger partial charge on any atom is 0.175 e. The molecule has 8 nitrogen and oxygen atoms in total. The van der Waals surface area contributed by atoms with Crippen LogP contribution in [0.3, 0.4) is 0 Å². The Balaban J connectivity index is 1.40. The molecule has 182 valence electrons. The molecule has 2 atom stereocenters. The summed E-state index contributed by atoms with van der Waals surface area (Å²) in [5, 5.41) is 6.01. The van der Waals surface area contributed by atoms with Crippen LogP contribution < -0.4 is 5.32 Å². The van der Waals surface area contributed by atoms with Crippen LogP contribution in [0.25, 0.3) is 11.0 Å². The monoisotopic (exact) mass is 487 g/mol. The summed E-state index contributed by atoms with van der Waals surface area (Å²) in [6.45, 7) is 6.25. The zero-order chi connectivity index (χ0) is 24.3. The SMILES string of the molecule is CC(C)(C)ON1[C@H]2CC[C@H]1CC(n1ccc3c(Nc4ccc(S(C)(=O)=O)cc4F)ncnc31)C2. The van der Waals surface area contributed by atoms with Gasteiger partial charge in [0.2, 0.25) is 0 Å². The fourth-order valence-electron chi connectivity index (χ4n) is 5.12. The number of sulfone groups is 1. The minimum atomic E-state index is -3.49. The molecule has 3 aromatic rings. The average Bonchev–Trinajstić information content (AvgIpc) is 3.25. The molecule has 2 fully saturated rings. The van der Waals surface area contributed by atoms with Crippen molar-refractivity contribution in [1.29, 1.82) is 0 Å². The molecule has 0 radical (unpaired) electrons. The fourth-order valence-corrected chi connectivity index (χ4v) is 5.75. The van der Waals surface area contributed by atoms with Gasteiger partial charge < -0.3 is 9.88 Å². The van der Waals surface area contributed by atoms with Gasteiger partial charge in [-0.25, -0.2) is 22.8 Å². The Kier molecular flexibility index (Phi) is 5.65. The number of aromatic nitrogens is 3. The molecular weight excluding hydrogens is 457 g/mol. The third kappa shape index (κ3) is 4.42. The highest BCUT2D eigenvalue weighted by Crippen LogP contribution is 2.43. The third-order valence-electron chi connectivity index (χ3n) is 6.54. The first kappa shape index (κ1) is 23.2. The Bertz CT molecular complexity index is 1320. The van der Waals surface area contributed by atoms with E-state index in [1.807, 2.05) is 12.3 Å². The van der Waals surface area contributed by atoms with Gasteiger partial charge in [0.1, 0.15) is 23.6 Å². The second-order valence-corrected chi connectivity index (χ2v) is 12.3. The molecule has 34 heavy (non-hydrogen) atoms. The van der Waals surface area contributed by atoms with E-state index in [4.69, 9.17) is 4.84 Å². The van der Waals surface area contributed by atoms with E-state index >= 15 is 0 Å². The summed E-state index contributed by atoms with van der Waals surface area (Å²) >= 11 is 0. The summed E-state index contributed by atoms with van der Waals surface area (Å²) in [6, 6.07) is 6.81. The Hall–Kier alpha value is -2.56. The highest BCUT2D eigenvalue weighted by Gasteiger charge is 2.44. The van der Waals surface area contributed by atoms with Crippen LogP contribution in [0.5, 0.6) is 0 Å². The van der Waals surface area contributed by atoms with Gasteiger partial charge in [-0.2, -0.15) is 5.06 Å². The standard InChI is InChI=1S/C24H30FN5O3S/c1-24(2,3)33-30-15-5-6-16(30)12-17(11-15)29-10-9-19-22(26-14-27-23(19)29)28-21-8-7-18(13-20(21)25)34(4,31)32/h7-10,13-17H,5-6,11-12H2,1-4H3,(H,26,27,28)/t15-,16-/m0/s1. The van der Waals surface area contributed by atoms with E-state index in [0.717, 1.165) is 49.0 Å². The molecule has 0 saturated carbocycles. The Labute approximate surface area is 199 Å². The predicted octanol–water partition coefficient (Wildman–Crippen LogP) is 4.62. The quantitative estimate of drug-likeness (QED) is 0.562. The number of fused-ring (bicyclic) bond motifs is 3. The van der Waals surface area contributed by atoms with Gasteiger partial charge in [-0.3, -0.25) is 4.84 Å². The van der Waals surface area contributed by atoms with Crippen molar-refractivity contribution in [3.63, 3.8) is 0 Å². The normalized spacial score (nSPS) is 23.5. The highest BCUT2D eigenvalue weighted by atomic mass is 32.2. The van der Waals surface area contributed by atoms with Crippen LogP contribution in [-0.2, 0) is 14.7 Å². The summed E-state index contributed by atoms with van der Waals surface area (Å²) in [4.78, 5) is 15.0. The van der Waals surface area contributed by atoms with Crippen LogP contribution in [-0.4, -0.2) is 52.0 Å².